The van der Waals surface area contributed by atoms with Crippen LogP contribution in [0.4, 0.5) is 14.5 Å². The molecule has 2 N–H and O–H groups in total. The quantitative estimate of drug-likeness (QED) is 0.451. The number of aromatic amines is 1. The maximum Gasteiger partial charge on any atom is 0.442 e. The molecule has 0 aliphatic carbocycles. The fourth-order valence-corrected chi connectivity index (χ4v) is 3.51. The maximum absolute atomic E-state index is 13.4. The highest BCUT2D eigenvalue weighted by Crippen LogP contribution is 2.23. The number of hydrogen-bond acceptors (Lipinski definition) is 5. The molecule has 0 spiro atoms. The van der Waals surface area contributed by atoms with Gasteiger partial charge in [-0.05, 0) is 52.4 Å². The lowest BCUT2D eigenvalue weighted by Gasteiger charge is -2.12. The Kier molecular flexibility index (Phi) is 6.32. The van der Waals surface area contributed by atoms with E-state index in [9.17, 15) is 18.4 Å². The summed E-state index contributed by atoms with van der Waals surface area (Å²) >= 11 is 1.00. The number of halogens is 2. The van der Waals surface area contributed by atoms with Gasteiger partial charge in [0.05, 0.1) is 12.4 Å². The van der Waals surface area contributed by atoms with Crippen molar-refractivity contribution in [3.05, 3.63) is 64.5 Å². The van der Waals surface area contributed by atoms with E-state index in [0.29, 0.717) is 17.9 Å². The van der Waals surface area contributed by atoms with E-state index in [1.165, 1.54) is 10.7 Å². The molecule has 0 saturated carbocycles. The predicted molar refractivity (Wildman–Crippen MR) is 102 cm³/mol. The molecule has 0 aliphatic rings. The Labute approximate surface area is 168 Å². The zero-order valence-electron chi connectivity index (χ0n) is 15.6. The van der Waals surface area contributed by atoms with Crippen molar-refractivity contribution >= 4 is 23.4 Å². The van der Waals surface area contributed by atoms with E-state index in [2.05, 4.69) is 10.6 Å². The number of aromatic nitrogens is 2. The van der Waals surface area contributed by atoms with Crippen LogP contribution < -0.4 is 20.4 Å². The minimum atomic E-state index is -1.06. The number of rotatable bonds is 7. The Morgan fingerprint density at radius 3 is 2.59 bits per heavy atom. The maximum atomic E-state index is 13.4. The molecular formula is C19H18F2N3O4S+. The number of hydrogen-bond donors (Lipinski definition) is 2. The molecule has 1 amide bonds. The Balaban J connectivity index is 1.81. The second-order valence-electron chi connectivity index (χ2n) is 5.95. The molecule has 152 valence electrons. The number of ether oxygens (including phenoxy) is 1. The molecule has 29 heavy (non-hydrogen) atoms. The summed E-state index contributed by atoms with van der Waals surface area (Å²) in [5.74, 6) is -1.88. The van der Waals surface area contributed by atoms with Crippen molar-refractivity contribution in [3.8, 4) is 11.4 Å². The van der Waals surface area contributed by atoms with Crippen LogP contribution >= 0.6 is 11.8 Å². The molecule has 3 aromatic rings. The topological polar surface area (TPSA) is 88.2 Å². The first-order valence-corrected chi connectivity index (χ1v) is 9.51. The fraction of sp³-hybridized carbons (Fsp3) is 0.211. The van der Waals surface area contributed by atoms with E-state index in [1.807, 2.05) is 0 Å². The van der Waals surface area contributed by atoms with Gasteiger partial charge in [0.15, 0.2) is 11.6 Å². The fourth-order valence-electron chi connectivity index (χ4n) is 2.52. The van der Waals surface area contributed by atoms with Crippen LogP contribution in [-0.2, 0) is 4.79 Å². The third-order valence-electron chi connectivity index (χ3n) is 4.04. The van der Waals surface area contributed by atoms with Gasteiger partial charge in [0.2, 0.25) is 11.6 Å². The number of amides is 1. The normalized spacial score (nSPS) is 11.9. The number of benzene rings is 2. The summed E-state index contributed by atoms with van der Waals surface area (Å²) < 4.78 is 37.8. The molecule has 2 aromatic carbocycles. The molecule has 7 nitrogen and oxygen atoms in total. The Bertz CT molecular complexity index is 1070. The number of nitrogens with zero attached hydrogens (tertiary/aromatic N) is 1. The van der Waals surface area contributed by atoms with Crippen molar-refractivity contribution in [2.75, 3.05) is 12.4 Å². The third-order valence-corrected chi connectivity index (χ3v) is 5.45. The summed E-state index contributed by atoms with van der Waals surface area (Å²) in [6, 6.07) is 9.96. The molecule has 0 aliphatic heterocycles. The van der Waals surface area contributed by atoms with Crippen LogP contribution in [0.3, 0.4) is 0 Å². The van der Waals surface area contributed by atoms with E-state index in [0.717, 1.165) is 23.9 Å². The van der Waals surface area contributed by atoms with Gasteiger partial charge in [-0.15, -0.1) is 0 Å². The first-order chi connectivity index (χ1) is 13.9. The lowest BCUT2D eigenvalue weighted by Crippen LogP contribution is -2.37. The summed E-state index contributed by atoms with van der Waals surface area (Å²) in [5.41, 5.74) is 0.0944. The van der Waals surface area contributed by atoms with Crippen LogP contribution in [0.2, 0.25) is 0 Å². The summed E-state index contributed by atoms with van der Waals surface area (Å²) in [5, 5.41) is 4.53. The first kappa shape index (κ1) is 20.6. The number of methoxy groups -OCH3 is 1. The van der Waals surface area contributed by atoms with Crippen molar-refractivity contribution in [1.29, 1.82) is 0 Å². The molecule has 1 unspecified atom stereocenters. The highest BCUT2D eigenvalue weighted by molar-refractivity contribution is 8.00. The largest absolute Gasteiger partial charge is 0.497 e. The molecule has 3 rings (SSSR count). The van der Waals surface area contributed by atoms with E-state index >= 15 is 0 Å². The van der Waals surface area contributed by atoms with Gasteiger partial charge in [0.25, 0.3) is 0 Å². The van der Waals surface area contributed by atoms with E-state index < -0.39 is 28.4 Å². The zero-order chi connectivity index (χ0) is 21.0. The van der Waals surface area contributed by atoms with Crippen LogP contribution in [-0.4, -0.2) is 23.5 Å². The molecule has 0 bridgehead atoms. The van der Waals surface area contributed by atoms with E-state index in [4.69, 9.17) is 9.26 Å². The van der Waals surface area contributed by atoms with Gasteiger partial charge in [0.1, 0.15) is 5.75 Å². The zero-order valence-corrected chi connectivity index (χ0v) is 16.4. The highest BCUT2D eigenvalue weighted by Gasteiger charge is 2.30. The number of H-pyrrole nitrogens is 1. The minimum Gasteiger partial charge on any atom is -0.497 e. The summed E-state index contributed by atoms with van der Waals surface area (Å²) in [4.78, 5) is 24.8. The second-order valence-corrected chi connectivity index (χ2v) is 7.14. The van der Waals surface area contributed by atoms with Crippen LogP contribution in [0, 0.1) is 11.6 Å². The highest BCUT2D eigenvalue weighted by atomic mass is 32.2. The van der Waals surface area contributed by atoms with Crippen LogP contribution in [0.15, 0.2) is 56.8 Å². The molecule has 0 radical (unpaired) electrons. The molecule has 1 aromatic heterocycles. The molecular weight excluding hydrogens is 404 g/mol. The van der Waals surface area contributed by atoms with Crippen molar-refractivity contribution in [3.63, 3.8) is 0 Å². The van der Waals surface area contributed by atoms with Crippen molar-refractivity contribution in [2.45, 2.75) is 23.6 Å². The van der Waals surface area contributed by atoms with Crippen molar-refractivity contribution in [2.24, 2.45) is 0 Å². The Hall–Kier alpha value is -3.14. The van der Waals surface area contributed by atoms with Gasteiger partial charge in [-0.2, -0.15) is 0 Å². The van der Waals surface area contributed by atoms with Gasteiger partial charge in [-0.3, -0.25) is 9.32 Å². The minimum absolute atomic E-state index is 0.122. The molecule has 1 heterocycles. The van der Waals surface area contributed by atoms with E-state index in [-0.39, 0.29) is 10.7 Å². The number of carbonyl (C=O) groups excluding carboxylic acids is 1. The average molecular weight is 422 g/mol. The molecule has 0 saturated heterocycles. The summed E-state index contributed by atoms with van der Waals surface area (Å²) in [7, 11) is 1.54. The van der Waals surface area contributed by atoms with Crippen molar-refractivity contribution in [1.82, 2.24) is 5.27 Å². The summed E-state index contributed by atoms with van der Waals surface area (Å²) in [6.07, 6.45) is 0.382. The monoisotopic (exact) mass is 422 g/mol. The van der Waals surface area contributed by atoms with Gasteiger partial charge < -0.3 is 10.1 Å². The van der Waals surface area contributed by atoms with Gasteiger partial charge in [-0.25, -0.2) is 13.6 Å². The number of carbonyl (C=O) groups is 1. The number of nitrogens with one attached hydrogen (secondary N) is 2. The number of thioether (sulfide) groups is 1. The van der Waals surface area contributed by atoms with Crippen LogP contribution in [0.1, 0.15) is 13.3 Å². The smallest absolute Gasteiger partial charge is 0.442 e. The molecule has 1 atom stereocenters. The number of anilines is 1. The summed E-state index contributed by atoms with van der Waals surface area (Å²) in [6.45, 7) is 1.77. The van der Waals surface area contributed by atoms with Crippen LogP contribution in [0.25, 0.3) is 5.69 Å². The average Bonchev–Trinajstić information content (AvgIpc) is 3.09. The lowest BCUT2D eigenvalue weighted by atomic mass is 10.2. The lowest BCUT2D eigenvalue weighted by molar-refractivity contribution is -0.704. The van der Waals surface area contributed by atoms with Crippen molar-refractivity contribution < 1.29 is 27.5 Å². The van der Waals surface area contributed by atoms with E-state index in [1.54, 1.807) is 38.3 Å². The standard InChI is InChI=1S/C19H17F2N3O4S/c1-3-16(17(25)22-11-4-9-14(20)15(21)10-11)29-18-19(26)28-23-24(18)12-5-7-13(27-2)8-6-12/h4-10,16H,3H2,1-2H3,(H-,22,23,25,26)/p+1. The SMILES string of the molecule is CCC(Sc1c(=O)o[nH][n+]1-c1ccc(OC)cc1)C(=O)Nc1ccc(F)c(F)c1. The second kappa shape index (κ2) is 8.91. The third kappa shape index (κ3) is 4.65. The predicted octanol–water partition coefficient (Wildman–Crippen LogP) is 3.04. The molecule has 0 fully saturated rings. The first-order valence-electron chi connectivity index (χ1n) is 8.63. The Morgan fingerprint density at radius 2 is 1.97 bits per heavy atom. The van der Waals surface area contributed by atoms with Gasteiger partial charge in [-0.1, -0.05) is 6.92 Å². The van der Waals surface area contributed by atoms with Crippen LogP contribution in [0.5, 0.6) is 5.75 Å². The van der Waals surface area contributed by atoms with Gasteiger partial charge in [0, 0.05) is 23.9 Å². The molecule has 10 heteroatoms. The Morgan fingerprint density at radius 1 is 1.24 bits per heavy atom. The van der Waals surface area contributed by atoms with Gasteiger partial charge >= 0.3 is 10.7 Å².